The van der Waals surface area contributed by atoms with E-state index in [-0.39, 0.29) is 25.3 Å². The number of fused-ring (bicyclic) bond motifs is 1. The van der Waals surface area contributed by atoms with E-state index in [2.05, 4.69) is 4.74 Å². The van der Waals surface area contributed by atoms with Crippen LogP contribution in [-0.4, -0.2) is 30.8 Å². The van der Waals surface area contributed by atoms with Crippen LogP contribution in [0.2, 0.25) is 0 Å². The predicted octanol–water partition coefficient (Wildman–Crippen LogP) is 1.45. The smallest absolute Gasteiger partial charge is 0.307 e. The van der Waals surface area contributed by atoms with Gasteiger partial charge in [0.25, 0.3) is 11.7 Å². The third kappa shape index (κ3) is 2.38. The quantitative estimate of drug-likeness (QED) is 0.619. The van der Waals surface area contributed by atoms with Crippen LogP contribution in [0.4, 0.5) is 14.5 Å². The highest BCUT2D eigenvalue weighted by molar-refractivity contribution is 6.52. The number of amides is 1. The van der Waals surface area contributed by atoms with Crippen molar-refractivity contribution < 1.29 is 27.9 Å². The monoisotopic (exact) mass is 283 g/mol. The van der Waals surface area contributed by atoms with Crippen molar-refractivity contribution in [1.29, 1.82) is 0 Å². The van der Waals surface area contributed by atoms with Gasteiger partial charge in [-0.15, -0.1) is 0 Å². The number of carbonyl (C=O) groups excluding carboxylic acids is 3. The summed E-state index contributed by atoms with van der Waals surface area (Å²) in [6.07, 6.45) is -0.162. The number of benzene rings is 1. The molecule has 0 fully saturated rings. The van der Waals surface area contributed by atoms with Crippen molar-refractivity contribution in [1.82, 2.24) is 0 Å². The topological polar surface area (TPSA) is 63.7 Å². The Kier molecular flexibility index (Phi) is 3.78. The van der Waals surface area contributed by atoms with Gasteiger partial charge in [0.2, 0.25) is 0 Å². The minimum atomic E-state index is -1.09. The zero-order valence-electron chi connectivity index (χ0n) is 10.6. The Morgan fingerprint density at radius 2 is 2.00 bits per heavy atom. The molecule has 1 aromatic carbocycles. The Hall–Kier alpha value is -2.31. The summed E-state index contributed by atoms with van der Waals surface area (Å²) in [6.45, 7) is 1.65. The van der Waals surface area contributed by atoms with E-state index in [1.165, 1.54) is 0 Å². The summed E-state index contributed by atoms with van der Waals surface area (Å²) in [5.41, 5.74) is -0.609. The van der Waals surface area contributed by atoms with Gasteiger partial charge < -0.3 is 9.64 Å². The molecule has 0 N–H and O–H groups in total. The molecule has 0 aliphatic carbocycles. The molecule has 0 atom stereocenters. The second kappa shape index (κ2) is 5.36. The molecule has 7 heteroatoms. The standard InChI is InChI=1S/C13H11F2NO4/c1-2-20-10(17)3-4-16-9-6-7(14)5-8(15)11(9)12(18)13(16)19/h5-6H,2-4H2,1H3. The van der Waals surface area contributed by atoms with Crippen LogP contribution < -0.4 is 4.90 Å². The normalized spacial score (nSPS) is 13.7. The highest BCUT2D eigenvalue weighted by Gasteiger charge is 2.38. The first-order chi connectivity index (χ1) is 9.45. The first kappa shape index (κ1) is 14.1. The number of carbonyl (C=O) groups is 3. The van der Waals surface area contributed by atoms with E-state index in [0.717, 1.165) is 11.0 Å². The Morgan fingerprint density at radius 1 is 1.30 bits per heavy atom. The van der Waals surface area contributed by atoms with Crippen molar-refractivity contribution in [3.8, 4) is 0 Å². The van der Waals surface area contributed by atoms with Crippen LogP contribution in [0.5, 0.6) is 0 Å². The Balaban J connectivity index is 2.27. The Morgan fingerprint density at radius 3 is 2.65 bits per heavy atom. The van der Waals surface area contributed by atoms with Gasteiger partial charge in [-0.1, -0.05) is 0 Å². The molecule has 0 aromatic heterocycles. The number of rotatable bonds is 4. The molecule has 0 unspecified atom stereocenters. The summed E-state index contributed by atoms with van der Waals surface area (Å²) >= 11 is 0. The zero-order valence-corrected chi connectivity index (χ0v) is 10.6. The van der Waals surface area contributed by atoms with Gasteiger partial charge in [-0.2, -0.15) is 0 Å². The van der Waals surface area contributed by atoms with Crippen LogP contribution in [0.25, 0.3) is 0 Å². The summed E-state index contributed by atoms with van der Waals surface area (Å²) in [5, 5.41) is 0. The summed E-state index contributed by atoms with van der Waals surface area (Å²) in [4.78, 5) is 35.5. The lowest BCUT2D eigenvalue weighted by atomic mass is 10.1. The first-order valence-corrected chi connectivity index (χ1v) is 5.96. The van der Waals surface area contributed by atoms with Gasteiger partial charge in [-0.05, 0) is 13.0 Å². The van der Waals surface area contributed by atoms with E-state index in [0.29, 0.717) is 6.07 Å². The van der Waals surface area contributed by atoms with Crippen LogP contribution in [0.15, 0.2) is 12.1 Å². The van der Waals surface area contributed by atoms with Crippen LogP contribution >= 0.6 is 0 Å². The van der Waals surface area contributed by atoms with Crippen molar-refractivity contribution in [2.24, 2.45) is 0 Å². The number of ether oxygens (including phenoxy) is 1. The summed E-state index contributed by atoms with van der Waals surface area (Å²) in [5.74, 6) is -4.56. The maximum Gasteiger partial charge on any atom is 0.307 e. The van der Waals surface area contributed by atoms with Gasteiger partial charge in [0.05, 0.1) is 24.3 Å². The zero-order chi connectivity index (χ0) is 14.9. The second-order valence-corrected chi connectivity index (χ2v) is 4.12. The highest BCUT2D eigenvalue weighted by Crippen LogP contribution is 2.32. The number of ketones is 1. The molecule has 0 radical (unpaired) electrons. The van der Waals surface area contributed by atoms with E-state index >= 15 is 0 Å². The number of anilines is 1. The molecular formula is C13H11F2NO4. The van der Waals surface area contributed by atoms with E-state index < -0.39 is 34.9 Å². The number of halogens is 2. The van der Waals surface area contributed by atoms with E-state index in [9.17, 15) is 23.2 Å². The van der Waals surface area contributed by atoms with Crippen molar-refractivity contribution >= 4 is 23.3 Å². The van der Waals surface area contributed by atoms with E-state index in [4.69, 9.17) is 0 Å². The minimum absolute atomic E-state index is 0.151. The van der Waals surface area contributed by atoms with Gasteiger partial charge in [-0.3, -0.25) is 14.4 Å². The lowest BCUT2D eigenvalue weighted by Crippen LogP contribution is -2.32. The van der Waals surface area contributed by atoms with E-state index in [1.807, 2.05) is 0 Å². The fourth-order valence-corrected chi connectivity index (χ4v) is 1.99. The third-order valence-corrected chi connectivity index (χ3v) is 2.84. The molecule has 0 saturated carbocycles. The molecule has 0 bridgehead atoms. The van der Waals surface area contributed by atoms with Crippen molar-refractivity contribution in [2.75, 3.05) is 18.1 Å². The molecule has 106 valence electrons. The molecule has 20 heavy (non-hydrogen) atoms. The van der Waals surface area contributed by atoms with Gasteiger partial charge in [-0.25, -0.2) is 8.78 Å². The predicted molar refractivity (Wildman–Crippen MR) is 64.3 cm³/mol. The van der Waals surface area contributed by atoms with Crippen molar-refractivity contribution in [2.45, 2.75) is 13.3 Å². The molecule has 0 spiro atoms. The largest absolute Gasteiger partial charge is 0.466 e. The third-order valence-electron chi connectivity index (χ3n) is 2.84. The summed E-state index contributed by atoms with van der Waals surface area (Å²) in [7, 11) is 0. The van der Waals surface area contributed by atoms with E-state index in [1.54, 1.807) is 6.92 Å². The van der Waals surface area contributed by atoms with Crippen LogP contribution in [0, 0.1) is 11.6 Å². The maximum absolute atomic E-state index is 13.5. The molecule has 1 aliphatic rings. The van der Waals surface area contributed by atoms with Gasteiger partial charge in [0.1, 0.15) is 11.6 Å². The lowest BCUT2D eigenvalue weighted by molar-refractivity contribution is -0.142. The molecule has 1 aliphatic heterocycles. The lowest BCUT2D eigenvalue weighted by Gasteiger charge is -2.15. The molecule has 5 nitrogen and oxygen atoms in total. The van der Waals surface area contributed by atoms with Gasteiger partial charge in [0.15, 0.2) is 0 Å². The maximum atomic E-state index is 13.5. The molecule has 1 amide bonds. The van der Waals surface area contributed by atoms with Crippen LogP contribution in [0.1, 0.15) is 23.7 Å². The Bertz CT molecular complexity index is 600. The fourth-order valence-electron chi connectivity index (χ4n) is 1.99. The highest BCUT2D eigenvalue weighted by atomic mass is 19.1. The molecule has 1 aromatic rings. The summed E-state index contributed by atoms with van der Waals surface area (Å²) < 4.78 is 31.4. The number of hydrogen-bond acceptors (Lipinski definition) is 4. The number of nitrogens with zero attached hydrogens (tertiary/aromatic N) is 1. The minimum Gasteiger partial charge on any atom is -0.466 e. The van der Waals surface area contributed by atoms with Gasteiger partial charge >= 0.3 is 5.97 Å². The van der Waals surface area contributed by atoms with Crippen LogP contribution in [-0.2, 0) is 14.3 Å². The summed E-state index contributed by atoms with van der Waals surface area (Å²) in [6, 6.07) is 1.44. The van der Waals surface area contributed by atoms with Crippen molar-refractivity contribution in [3.63, 3.8) is 0 Å². The van der Waals surface area contributed by atoms with Crippen LogP contribution in [0.3, 0.4) is 0 Å². The Labute approximate surface area is 113 Å². The molecule has 0 saturated heterocycles. The second-order valence-electron chi connectivity index (χ2n) is 4.12. The van der Waals surface area contributed by atoms with Crippen molar-refractivity contribution in [3.05, 3.63) is 29.3 Å². The molecule has 2 rings (SSSR count). The fraction of sp³-hybridized carbons (Fsp3) is 0.308. The average Bonchev–Trinajstić information content (AvgIpc) is 2.60. The SMILES string of the molecule is CCOC(=O)CCN1C(=O)C(=O)c2c(F)cc(F)cc21. The average molecular weight is 283 g/mol. The number of hydrogen-bond donors (Lipinski definition) is 0. The molecular weight excluding hydrogens is 272 g/mol. The first-order valence-electron chi connectivity index (χ1n) is 5.96. The number of Topliss-reactive ketones (excluding diaryl/α,β-unsaturated/α-hetero) is 1. The number of esters is 1. The van der Waals surface area contributed by atoms with Gasteiger partial charge in [0, 0.05) is 12.6 Å². The molecule has 1 heterocycles.